The second-order valence-corrected chi connectivity index (χ2v) is 6.97. The van der Waals surface area contributed by atoms with E-state index in [2.05, 4.69) is 22.8 Å². The zero-order valence-electron chi connectivity index (χ0n) is 15.7. The van der Waals surface area contributed by atoms with Crippen molar-refractivity contribution in [3.63, 3.8) is 0 Å². The Hall–Kier alpha value is -2.66. The number of rotatable bonds is 7. The molecule has 0 aliphatic carbocycles. The van der Waals surface area contributed by atoms with Gasteiger partial charge in [-0.05, 0) is 24.6 Å². The van der Waals surface area contributed by atoms with Crippen molar-refractivity contribution in [3.05, 3.63) is 66.0 Å². The highest BCUT2D eigenvalue weighted by molar-refractivity contribution is 5.81. The number of hydrogen-bond donors (Lipinski definition) is 0. The number of nitrogens with zero attached hydrogens (tertiary/aromatic N) is 3. The molecule has 1 fully saturated rings. The molecular weight excluding hydrogens is 338 g/mol. The molecule has 2 aromatic carbocycles. The number of aromatic nitrogens is 2. The average Bonchev–Trinajstić information content (AvgIpc) is 3.24. The molecule has 1 aliphatic heterocycles. The van der Waals surface area contributed by atoms with Crippen LogP contribution in [0.25, 0.3) is 11.0 Å². The molecule has 1 saturated heterocycles. The van der Waals surface area contributed by atoms with E-state index in [0.29, 0.717) is 32.7 Å². The maximum Gasteiger partial charge on any atom is 0.223 e. The van der Waals surface area contributed by atoms with Crippen molar-refractivity contribution in [2.75, 3.05) is 19.8 Å². The summed E-state index contributed by atoms with van der Waals surface area (Å²) in [6.45, 7) is 5.49. The van der Waals surface area contributed by atoms with E-state index in [4.69, 9.17) is 9.72 Å². The average molecular weight is 363 g/mol. The van der Waals surface area contributed by atoms with Gasteiger partial charge >= 0.3 is 0 Å². The zero-order valence-corrected chi connectivity index (χ0v) is 15.7. The summed E-state index contributed by atoms with van der Waals surface area (Å²) in [7, 11) is 0. The van der Waals surface area contributed by atoms with Crippen LogP contribution < -0.4 is 0 Å². The highest BCUT2D eigenvalue weighted by Gasteiger charge is 2.33. The lowest BCUT2D eigenvalue weighted by Gasteiger charge is -2.17. The minimum atomic E-state index is 0.121. The van der Waals surface area contributed by atoms with Crippen molar-refractivity contribution in [1.82, 2.24) is 14.5 Å². The van der Waals surface area contributed by atoms with Crippen LogP contribution in [0.3, 0.4) is 0 Å². The molecule has 0 saturated carbocycles. The molecule has 5 nitrogen and oxygen atoms in total. The van der Waals surface area contributed by atoms with Crippen molar-refractivity contribution in [2.45, 2.75) is 32.4 Å². The molecule has 27 heavy (non-hydrogen) atoms. The van der Waals surface area contributed by atoms with Crippen molar-refractivity contribution in [3.8, 4) is 0 Å². The number of ether oxygens (including phenoxy) is 1. The molecule has 0 N–H and O–H groups in total. The Balaban J connectivity index is 1.58. The number of hydrogen-bond acceptors (Lipinski definition) is 3. The van der Waals surface area contributed by atoms with E-state index in [1.165, 1.54) is 0 Å². The summed E-state index contributed by atoms with van der Waals surface area (Å²) >= 11 is 0. The van der Waals surface area contributed by atoms with Gasteiger partial charge in [-0.2, -0.15) is 0 Å². The maximum absolute atomic E-state index is 12.6. The van der Waals surface area contributed by atoms with E-state index in [-0.39, 0.29) is 11.8 Å². The molecule has 0 radical (unpaired) electrons. The predicted molar refractivity (Wildman–Crippen MR) is 105 cm³/mol. The fourth-order valence-corrected chi connectivity index (χ4v) is 3.84. The minimum absolute atomic E-state index is 0.121. The van der Waals surface area contributed by atoms with E-state index in [0.717, 1.165) is 29.0 Å². The number of fused-ring (bicyclic) bond motifs is 1. The van der Waals surface area contributed by atoms with Crippen LogP contribution in [0.4, 0.5) is 0 Å². The van der Waals surface area contributed by atoms with Gasteiger partial charge in [0, 0.05) is 38.6 Å². The summed E-state index contributed by atoms with van der Waals surface area (Å²) in [5, 5.41) is 0. The van der Waals surface area contributed by atoms with Crippen LogP contribution in [0.5, 0.6) is 0 Å². The molecule has 1 amide bonds. The van der Waals surface area contributed by atoms with Gasteiger partial charge in [-0.25, -0.2) is 4.98 Å². The molecular formula is C22H25N3O2. The summed E-state index contributed by atoms with van der Waals surface area (Å²) in [5.74, 6) is 1.32. The number of para-hydroxylation sites is 2. The van der Waals surface area contributed by atoms with Gasteiger partial charge in [0.1, 0.15) is 5.82 Å². The van der Waals surface area contributed by atoms with Crippen molar-refractivity contribution >= 4 is 16.9 Å². The Labute approximate surface area is 159 Å². The fourth-order valence-electron chi connectivity index (χ4n) is 3.84. The van der Waals surface area contributed by atoms with Crippen LogP contribution in [0.1, 0.15) is 30.7 Å². The van der Waals surface area contributed by atoms with E-state index in [9.17, 15) is 4.79 Å². The van der Waals surface area contributed by atoms with Crippen LogP contribution in [0.15, 0.2) is 54.6 Å². The summed E-state index contributed by atoms with van der Waals surface area (Å²) in [6.07, 6.45) is 0.519. The summed E-state index contributed by atoms with van der Waals surface area (Å²) in [5.41, 5.74) is 3.26. The van der Waals surface area contributed by atoms with Crippen molar-refractivity contribution in [2.24, 2.45) is 0 Å². The van der Waals surface area contributed by atoms with Crippen LogP contribution >= 0.6 is 0 Å². The Kier molecular flexibility index (Phi) is 5.21. The van der Waals surface area contributed by atoms with E-state index >= 15 is 0 Å². The van der Waals surface area contributed by atoms with Crippen LogP contribution in [-0.4, -0.2) is 40.1 Å². The first-order valence-corrected chi connectivity index (χ1v) is 9.61. The SMILES string of the molecule is CCOCCn1c([C@@H]2CC(=O)N(Cc3ccccc3)C2)nc2ccccc21. The first kappa shape index (κ1) is 17.7. The van der Waals surface area contributed by atoms with Gasteiger partial charge in [-0.15, -0.1) is 0 Å². The molecule has 2 heterocycles. The standard InChI is InChI=1S/C22H25N3O2/c1-2-27-13-12-25-20-11-7-6-10-19(20)23-22(25)18-14-21(26)24(16-18)15-17-8-4-3-5-9-17/h3-11,18H,2,12-16H2,1H3/t18-/m1/s1. The van der Waals surface area contributed by atoms with E-state index < -0.39 is 0 Å². The number of amides is 1. The van der Waals surface area contributed by atoms with Gasteiger partial charge in [0.15, 0.2) is 0 Å². The van der Waals surface area contributed by atoms with Crippen LogP contribution in [0, 0.1) is 0 Å². The zero-order chi connectivity index (χ0) is 18.6. The normalized spacial score (nSPS) is 17.1. The molecule has 0 bridgehead atoms. The third-order valence-electron chi connectivity index (χ3n) is 5.14. The van der Waals surface area contributed by atoms with Gasteiger partial charge in [-0.3, -0.25) is 4.79 Å². The lowest BCUT2D eigenvalue weighted by atomic mass is 10.1. The molecule has 1 aliphatic rings. The van der Waals surface area contributed by atoms with Crippen molar-refractivity contribution in [1.29, 1.82) is 0 Å². The number of carbonyl (C=O) groups is 1. The molecule has 1 atom stereocenters. The minimum Gasteiger partial charge on any atom is -0.380 e. The van der Waals surface area contributed by atoms with E-state index in [1.54, 1.807) is 0 Å². The summed E-state index contributed by atoms with van der Waals surface area (Å²) in [6, 6.07) is 18.3. The first-order valence-electron chi connectivity index (χ1n) is 9.61. The highest BCUT2D eigenvalue weighted by atomic mass is 16.5. The largest absolute Gasteiger partial charge is 0.380 e. The van der Waals surface area contributed by atoms with Gasteiger partial charge in [0.05, 0.1) is 17.6 Å². The third-order valence-corrected chi connectivity index (χ3v) is 5.14. The third kappa shape index (κ3) is 3.74. The number of likely N-dealkylation sites (tertiary alicyclic amines) is 1. The molecule has 0 unspecified atom stereocenters. The molecule has 140 valence electrons. The molecule has 3 aromatic rings. The Bertz CT molecular complexity index is 920. The molecule has 4 rings (SSSR count). The second kappa shape index (κ2) is 7.92. The highest BCUT2D eigenvalue weighted by Crippen LogP contribution is 2.31. The number of imidazole rings is 1. The Morgan fingerprint density at radius 1 is 1.11 bits per heavy atom. The predicted octanol–water partition coefficient (Wildman–Crippen LogP) is 3.59. The topological polar surface area (TPSA) is 47.4 Å². The van der Waals surface area contributed by atoms with Crippen molar-refractivity contribution < 1.29 is 9.53 Å². The van der Waals surface area contributed by atoms with Crippen LogP contribution in [-0.2, 0) is 22.6 Å². The number of carbonyl (C=O) groups excluding carboxylic acids is 1. The molecule has 0 spiro atoms. The monoisotopic (exact) mass is 363 g/mol. The lowest BCUT2D eigenvalue weighted by Crippen LogP contribution is -2.24. The lowest BCUT2D eigenvalue weighted by molar-refractivity contribution is -0.128. The Morgan fingerprint density at radius 2 is 1.89 bits per heavy atom. The summed E-state index contributed by atoms with van der Waals surface area (Å²) in [4.78, 5) is 19.4. The summed E-state index contributed by atoms with van der Waals surface area (Å²) < 4.78 is 7.80. The quantitative estimate of drug-likeness (QED) is 0.603. The van der Waals surface area contributed by atoms with Gasteiger partial charge in [0.25, 0.3) is 0 Å². The van der Waals surface area contributed by atoms with Crippen LogP contribution in [0.2, 0.25) is 0 Å². The first-order chi connectivity index (χ1) is 13.3. The second-order valence-electron chi connectivity index (χ2n) is 6.97. The molecule has 1 aromatic heterocycles. The molecule has 5 heteroatoms. The van der Waals surface area contributed by atoms with E-state index in [1.807, 2.05) is 48.2 Å². The smallest absolute Gasteiger partial charge is 0.223 e. The van der Waals surface area contributed by atoms with Gasteiger partial charge in [-0.1, -0.05) is 42.5 Å². The fraction of sp³-hybridized carbons (Fsp3) is 0.364. The van der Waals surface area contributed by atoms with Gasteiger partial charge in [0.2, 0.25) is 5.91 Å². The number of benzene rings is 2. The maximum atomic E-state index is 12.6. The Morgan fingerprint density at radius 3 is 2.70 bits per heavy atom. The van der Waals surface area contributed by atoms with Gasteiger partial charge < -0.3 is 14.2 Å².